The molecule has 1 unspecified atom stereocenters. The first kappa shape index (κ1) is 19.4. The number of halogens is 1. The van der Waals surface area contributed by atoms with Gasteiger partial charge in [0.15, 0.2) is 0 Å². The van der Waals surface area contributed by atoms with Gasteiger partial charge in [0.05, 0.1) is 17.6 Å². The molecule has 126 valence electrons. The van der Waals surface area contributed by atoms with Gasteiger partial charge in [0.25, 0.3) is 0 Å². The minimum Gasteiger partial charge on any atom is -0.374 e. The molecule has 1 aromatic rings. The van der Waals surface area contributed by atoms with E-state index < -0.39 is 10.0 Å². The summed E-state index contributed by atoms with van der Waals surface area (Å²) >= 11 is 0. The van der Waals surface area contributed by atoms with Crippen LogP contribution in [0.4, 0.5) is 0 Å². The molecule has 0 aliphatic carbocycles. The average Bonchev–Trinajstić information content (AvgIpc) is 2.45. The van der Waals surface area contributed by atoms with Crippen LogP contribution in [0.1, 0.15) is 22.3 Å². The Kier molecular flexibility index (Phi) is 6.41. The lowest BCUT2D eigenvalue weighted by Crippen LogP contribution is -2.48. The van der Waals surface area contributed by atoms with Crippen molar-refractivity contribution in [2.45, 2.75) is 38.7 Å². The van der Waals surface area contributed by atoms with Gasteiger partial charge in [-0.2, -0.15) is 4.31 Å². The second-order valence-electron chi connectivity index (χ2n) is 5.68. The van der Waals surface area contributed by atoms with Gasteiger partial charge in [0.2, 0.25) is 10.0 Å². The molecule has 5 nitrogen and oxygen atoms in total. The van der Waals surface area contributed by atoms with E-state index in [1.54, 1.807) is 0 Å². The number of morpholine rings is 1. The first-order chi connectivity index (χ1) is 9.78. The maximum absolute atomic E-state index is 13.0. The molecule has 22 heavy (non-hydrogen) atoms. The van der Waals surface area contributed by atoms with E-state index in [1.165, 1.54) is 4.31 Å². The number of hydrogen-bond donors (Lipinski definition) is 1. The molecule has 0 spiro atoms. The zero-order valence-corrected chi connectivity index (χ0v) is 15.2. The van der Waals surface area contributed by atoms with Crippen LogP contribution in [0.3, 0.4) is 0 Å². The van der Waals surface area contributed by atoms with Crippen LogP contribution in [0, 0.1) is 27.7 Å². The van der Waals surface area contributed by atoms with E-state index in [0.717, 1.165) is 22.3 Å². The number of nitrogens with zero attached hydrogens (tertiary/aromatic N) is 1. The van der Waals surface area contributed by atoms with Gasteiger partial charge >= 0.3 is 0 Å². The molecule has 1 aliphatic heterocycles. The Hall–Kier alpha value is -0.660. The van der Waals surface area contributed by atoms with E-state index in [2.05, 4.69) is 0 Å². The van der Waals surface area contributed by atoms with Crippen LogP contribution in [0.25, 0.3) is 0 Å². The zero-order chi connectivity index (χ0) is 15.8. The summed E-state index contributed by atoms with van der Waals surface area (Å²) in [5, 5.41) is 0. The van der Waals surface area contributed by atoms with Crippen LogP contribution in [-0.2, 0) is 14.8 Å². The molecule has 1 atom stereocenters. The van der Waals surface area contributed by atoms with E-state index in [9.17, 15) is 8.42 Å². The van der Waals surface area contributed by atoms with E-state index >= 15 is 0 Å². The number of hydrogen-bond acceptors (Lipinski definition) is 4. The summed E-state index contributed by atoms with van der Waals surface area (Å²) in [6, 6.07) is 2.03. The fraction of sp³-hybridized carbons (Fsp3) is 0.600. The Balaban J connectivity index is 0.00000242. The van der Waals surface area contributed by atoms with E-state index in [0.29, 0.717) is 31.1 Å². The molecule has 0 amide bonds. The highest BCUT2D eigenvalue weighted by atomic mass is 35.5. The number of ether oxygens (including phenoxy) is 1. The quantitative estimate of drug-likeness (QED) is 0.902. The van der Waals surface area contributed by atoms with Gasteiger partial charge in [-0.1, -0.05) is 6.07 Å². The van der Waals surface area contributed by atoms with Crippen LogP contribution >= 0.6 is 12.4 Å². The lowest BCUT2D eigenvalue weighted by atomic mass is 10.0. The maximum Gasteiger partial charge on any atom is 0.243 e. The second-order valence-corrected chi connectivity index (χ2v) is 7.56. The molecule has 1 aliphatic rings. The molecule has 1 heterocycles. The maximum atomic E-state index is 13.0. The van der Waals surface area contributed by atoms with Crippen molar-refractivity contribution in [2.75, 3.05) is 26.2 Å². The van der Waals surface area contributed by atoms with Crippen molar-refractivity contribution in [3.05, 3.63) is 28.3 Å². The minimum absolute atomic E-state index is 0. The van der Waals surface area contributed by atoms with Crippen LogP contribution in [-0.4, -0.2) is 45.1 Å². The number of benzene rings is 1. The third kappa shape index (κ3) is 3.46. The fourth-order valence-corrected chi connectivity index (χ4v) is 4.78. The van der Waals surface area contributed by atoms with Crippen molar-refractivity contribution in [3.63, 3.8) is 0 Å². The van der Waals surface area contributed by atoms with Crippen LogP contribution in [0.2, 0.25) is 0 Å². The summed E-state index contributed by atoms with van der Waals surface area (Å²) < 4.78 is 33.0. The second kappa shape index (κ2) is 7.27. The van der Waals surface area contributed by atoms with Crippen molar-refractivity contribution in [1.29, 1.82) is 0 Å². The molecule has 1 aromatic carbocycles. The SMILES string of the molecule is Cc1cc(C)c(C)c(S(=O)(=O)N2CCOC(CN)C2)c1C.Cl. The third-order valence-electron chi connectivity index (χ3n) is 4.26. The summed E-state index contributed by atoms with van der Waals surface area (Å²) in [5.74, 6) is 0. The van der Waals surface area contributed by atoms with E-state index in [1.807, 2.05) is 33.8 Å². The van der Waals surface area contributed by atoms with Crippen LogP contribution < -0.4 is 5.73 Å². The van der Waals surface area contributed by atoms with Gasteiger partial charge in [-0.15, -0.1) is 12.4 Å². The highest BCUT2D eigenvalue weighted by Gasteiger charge is 2.33. The van der Waals surface area contributed by atoms with E-state index in [4.69, 9.17) is 10.5 Å². The summed E-state index contributed by atoms with van der Waals surface area (Å²) in [7, 11) is -3.51. The topological polar surface area (TPSA) is 72.6 Å². The normalized spacial score (nSPS) is 19.8. The highest BCUT2D eigenvalue weighted by Crippen LogP contribution is 2.29. The Morgan fingerprint density at radius 1 is 1.23 bits per heavy atom. The predicted molar refractivity (Wildman–Crippen MR) is 90.2 cm³/mol. The average molecular weight is 349 g/mol. The molecule has 1 saturated heterocycles. The van der Waals surface area contributed by atoms with Crippen molar-refractivity contribution >= 4 is 22.4 Å². The zero-order valence-electron chi connectivity index (χ0n) is 13.5. The largest absolute Gasteiger partial charge is 0.374 e. The number of rotatable bonds is 3. The minimum atomic E-state index is -3.51. The Labute approximate surface area is 139 Å². The predicted octanol–water partition coefficient (Wildman–Crippen LogP) is 1.69. The van der Waals surface area contributed by atoms with Crippen LogP contribution in [0.15, 0.2) is 11.0 Å². The molecule has 0 saturated carbocycles. The first-order valence-corrected chi connectivity index (χ1v) is 8.62. The standard InChI is InChI=1S/C15H24N2O3S.ClH/c1-10-7-11(2)13(4)15(12(10)3)21(18,19)17-5-6-20-14(8-16)9-17;/h7,14H,5-6,8-9,16H2,1-4H3;1H. The molecule has 0 aromatic heterocycles. The van der Waals surface area contributed by atoms with Gasteiger partial charge in [0, 0.05) is 19.6 Å². The van der Waals surface area contributed by atoms with Crippen molar-refractivity contribution in [1.82, 2.24) is 4.31 Å². The van der Waals surface area contributed by atoms with Gasteiger partial charge in [-0.05, 0) is 49.9 Å². The third-order valence-corrected chi connectivity index (χ3v) is 6.40. The lowest BCUT2D eigenvalue weighted by molar-refractivity contribution is 0.00448. The molecular weight excluding hydrogens is 324 g/mol. The number of sulfonamides is 1. The monoisotopic (exact) mass is 348 g/mol. The molecule has 1 fully saturated rings. The Bertz CT molecular complexity index is 620. The van der Waals surface area contributed by atoms with E-state index in [-0.39, 0.29) is 18.5 Å². The summed E-state index contributed by atoms with van der Waals surface area (Å²) in [4.78, 5) is 0.442. The highest BCUT2D eigenvalue weighted by molar-refractivity contribution is 7.89. The molecule has 0 bridgehead atoms. The Morgan fingerprint density at radius 2 is 1.77 bits per heavy atom. The van der Waals surface area contributed by atoms with Gasteiger partial charge in [-0.3, -0.25) is 0 Å². The smallest absolute Gasteiger partial charge is 0.243 e. The molecule has 7 heteroatoms. The summed E-state index contributed by atoms with van der Waals surface area (Å²) in [6.07, 6.45) is -0.222. The van der Waals surface area contributed by atoms with Gasteiger partial charge < -0.3 is 10.5 Å². The Morgan fingerprint density at radius 3 is 2.27 bits per heavy atom. The number of aryl methyl sites for hydroxylation is 2. The van der Waals surface area contributed by atoms with Gasteiger partial charge in [-0.25, -0.2) is 8.42 Å². The van der Waals surface area contributed by atoms with Crippen LogP contribution in [0.5, 0.6) is 0 Å². The van der Waals surface area contributed by atoms with Crippen molar-refractivity contribution in [2.24, 2.45) is 5.73 Å². The molecule has 2 N–H and O–H groups in total. The summed E-state index contributed by atoms with van der Waals surface area (Å²) in [6.45, 7) is 9.06. The molecule has 0 radical (unpaired) electrons. The van der Waals surface area contributed by atoms with Crippen molar-refractivity contribution < 1.29 is 13.2 Å². The summed E-state index contributed by atoms with van der Waals surface area (Å²) in [5.41, 5.74) is 9.26. The van der Waals surface area contributed by atoms with Crippen molar-refractivity contribution in [3.8, 4) is 0 Å². The molecular formula is C15H25ClN2O3S. The fourth-order valence-electron chi connectivity index (χ4n) is 2.75. The van der Waals surface area contributed by atoms with Gasteiger partial charge in [0.1, 0.15) is 0 Å². The molecule has 2 rings (SSSR count). The lowest BCUT2D eigenvalue weighted by Gasteiger charge is -2.32. The number of nitrogens with two attached hydrogens (primary N) is 1. The first-order valence-electron chi connectivity index (χ1n) is 7.18.